The van der Waals surface area contributed by atoms with E-state index in [1.165, 1.54) is 18.4 Å². The van der Waals surface area contributed by atoms with Gasteiger partial charge in [-0.1, -0.05) is 12.1 Å². The topological polar surface area (TPSA) is 61.4 Å². The fraction of sp³-hybridized carbons (Fsp3) is 0.696. The molecule has 0 spiro atoms. The third-order valence-corrected chi connectivity index (χ3v) is 5.95. The van der Waals surface area contributed by atoms with Gasteiger partial charge in [-0.05, 0) is 56.5 Å². The zero-order valence-corrected chi connectivity index (χ0v) is 18.7. The number of nitrogens with zero attached hydrogens (tertiary/aromatic N) is 3. The Labute approximate surface area is 181 Å². The van der Waals surface area contributed by atoms with Crippen LogP contribution in [0.1, 0.15) is 25.3 Å². The molecule has 30 heavy (non-hydrogen) atoms. The smallest absolute Gasteiger partial charge is 0.191 e. The van der Waals surface area contributed by atoms with Crippen molar-refractivity contribution in [3.63, 3.8) is 0 Å². The molecule has 2 aliphatic heterocycles. The fourth-order valence-electron chi connectivity index (χ4n) is 4.04. The average molecular weight is 418 g/mol. The highest BCUT2D eigenvalue weighted by molar-refractivity contribution is 5.79. The lowest BCUT2D eigenvalue weighted by Gasteiger charge is -2.31. The standard InChI is InChI=1S/C23H39N5O2/c1-3-24-23(25-10-13-27-14-16-30-17-15-27)26-18-20-8-11-28(12-9-20)19-21-4-6-22(29-2)7-5-21/h4-7,20H,3,8-19H2,1-2H3,(H2,24,25,26). The Balaban J connectivity index is 1.36. The van der Waals surface area contributed by atoms with E-state index in [2.05, 4.69) is 39.5 Å². The van der Waals surface area contributed by atoms with Gasteiger partial charge in [0.2, 0.25) is 0 Å². The van der Waals surface area contributed by atoms with Crippen LogP contribution in [0.3, 0.4) is 0 Å². The summed E-state index contributed by atoms with van der Waals surface area (Å²) in [5.74, 6) is 2.55. The first-order valence-electron chi connectivity index (χ1n) is 11.4. The molecule has 2 N–H and O–H groups in total. The largest absolute Gasteiger partial charge is 0.497 e. The summed E-state index contributed by atoms with van der Waals surface area (Å²) in [6.45, 7) is 13.0. The summed E-state index contributed by atoms with van der Waals surface area (Å²) < 4.78 is 10.7. The lowest BCUT2D eigenvalue weighted by Crippen LogP contribution is -2.44. The number of aliphatic imine (C=N–C) groups is 1. The monoisotopic (exact) mass is 417 g/mol. The van der Waals surface area contributed by atoms with E-state index in [4.69, 9.17) is 14.5 Å². The normalized spacial score (nSPS) is 19.6. The van der Waals surface area contributed by atoms with Crippen LogP contribution in [0.2, 0.25) is 0 Å². The van der Waals surface area contributed by atoms with Crippen LogP contribution >= 0.6 is 0 Å². The number of piperidine rings is 1. The summed E-state index contributed by atoms with van der Waals surface area (Å²) in [5.41, 5.74) is 1.35. The number of hydrogen-bond donors (Lipinski definition) is 2. The summed E-state index contributed by atoms with van der Waals surface area (Å²) in [5, 5.41) is 6.88. The van der Waals surface area contributed by atoms with Crippen LogP contribution in [0.15, 0.2) is 29.3 Å². The molecule has 7 heteroatoms. The van der Waals surface area contributed by atoms with E-state index in [9.17, 15) is 0 Å². The van der Waals surface area contributed by atoms with Gasteiger partial charge < -0.3 is 20.1 Å². The summed E-state index contributed by atoms with van der Waals surface area (Å²) in [7, 11) is 1.71. The first-order chi connectivity index (χ1) is 14.8. The average Bonchev–Trinajstić information content (AvgIpc) is 2.80. The predicted octanol–water partition coefficient (Wildman–Crippen LogP) is 1.79. The van der Waals surface area contributed by atoms with Gasteiger partial charge >= 0.3 is 0 Å². The van der Waals surface area contributed by atoms with Crippen LogP contribution in [-0.2, 0) is 11.3 Å². The van der Waals surface area contributed by atoms with E-state index < -0.39 is 0 Å². The minimum absolute atomic E-state index is 0.673. The van der Waals surface area contributed by atoms with Crippen molar-refractivity contribution in [3.05, 3.63) is 29.8 Å². The Bertz CT molecular complexity index is 623. The van der Waals surface area contributed by atoms with Crippen molar-refractivity contribution in [2.45, 2.75) is 26.3 Å². The summed E-state index contributed by atoms with van der Waals surface area (Å²) >= 11 is 0. The Morgan fingerprint density at radius 1 is 1.07 bits per heavy atom. The van der Waals surface area contributed by atoms with Crippen molar-refractivity contribution < 1.29 is 9.47 Å². The lowest BCUT2D eigenvalue weighted by molar-refractivity contribution is 0.0389. The van der Waals surface area contributed by atoms with E-state index in [1.807, 2.05) is 12.1 Å². The minimum atomic E-state index is 0.673. The molecule has 0 aliphatic carbocycles. The van der Waals surface area contributed by atoms with E-state index in [1.54, 1.807) is 7.11 Å². The first kappa shape index (κ1) is 22.8. The van der Waals surface area contributed by atoms with Crippen molar-refractivity contribution in [3.8, 4) is 5.75 Å². The van der Waals surface area contributed by atoms with Gasteiger partial charge in [-0.3, -0.25) is 14.8 Å². The molecule has 2 aliphatic rings. The molecular formula is C23H39N5O2. The van der Waals surface area contributed by atoms with Gasteiger partial charge in [0.1, 0.15) is 5.75 Å². The van der Waals surface area contributed by atoms with Gasteiger partial charge in [0, 0.05) is 45.8 Å². The molecule has 0 amide bonds. The molecule has 1 aromatic carbocycles. The number of benzene rings is 1. The molecule has 0 unspecified atom stereocenters. The van der Waals surface area contributed by atoms with Crippen LogP contribution in [0, 0.1) is 5.92 Å². The summed E-state index contributed by atoms with van der Waals surface area (Å²) in [6.07, 6.45) is 2.43. The number of hydrogen-bond acceptors (Lipinski definition) is 5. The minimum Gasteiger partial charge on any atom is -0.497 e. The summed E-state index contributed by atoms with van der Waals surface area (Å²) in [4.78, 5) is 9.86. The lowest BCUT2D eigenvalue weighted by atomic mass is 9.96. The molecule has 168 valence electrons. The van der Waals surface area contributed by atoms with E-state index >= 15 is 0 Å². The highest BCUT2D eigenvalue weighted by Gasteiger charge is 2.19. The third kappa shape index (κ3) is 7.78. The molecule has 3 rings (SSSR count). The molecule has 0 bridgehead atoms. The van der Waals surface area contributed by atoms with Gasteiger partial charge in [-0.25, -0.2) is 0 Å². The van der Waals surface area contributed by atoms with E-state index in [0.717, 1.165) is 83.8 Å². The van der Waals surface area contributed by atoms with Crippen molar-refractivity contribution in [1.29, 1.82) is 0 Å². The second-order valence-electron chi connectivity index (χ2n) is 8.17. The van der Waals surface area contributed by atoms with Crippen LogP contribution < -0.4 is 15.4 Å². The molecule has 0 atom stereocenters. The molecule has 0 radical (unpaired) electrons. The maximum absolute atomic E-state index is 5.41. The molecule has 0 aromatic heterocycles. The molecule has 2 fully saturated rings. The zero-order chi connectivity index (χ0) is 21.0. The van der Waals surface area contributed by atoms with E-state index in [0.29, 0.717) is 5.92 Å². The molecule has 0 saturated carbocycles. The number of guanidine groups is 1. The van der Waals surface area contributed by atoms with Gasteiger partial charge in [-0.15, -0.1) is 0 Å². The number of methoxy groups -OCH3 is 1. The van der Waals surface area contributed by atoms with Crippen molar-refractivity contribution >= 4 is 5.96 Å². The van der Waals surface area contributed by atoms with Gasteiger partial charge in [0.05, 0.1) is 20.3 Å². The number of nitrogens with one attached hydrogen (secondary N) is 2. The number of morpholine rings is 1. The molecule has 2 saturated heterocycles. The maximum atomic E-state index is 5.41. The Morgan fingerprint density at radius 2 is 1.80 bits per heavy atom. The maximum Gasteiger partial charge on any atom is 0.191 e. The number of likely N-dealkylation sites (tertiary alicyclic amines) is 1. The fourth-order valence-corrected chi connectivity index (χ4v) is 4.04. The third-order valence-electron chi connectivity index (χ3n) is 5.95. The van der Waals surface area contributed by atoms with Crippen LogP contribution in [0.25, 0.3) is 0 Å². The molecular weight excluding hydrogens is 378 g/mol. The molecule has 7 nitrogen and oxygen atoms in total. The Hall–Kier alpha value is -1.83. The van der Waals surface area contributed by atoms with Gasteiger partial charge in [0.25, 0.3) is 0 Å². The summed E-state index contributed by atoms with van der Waals surface area (Å²) in [6, 6.07) is 8.43. The molecule has 1 aromatic rings. The predicted molar refractivity (Wildman–Crippen MR) is 122 cm³/mol. The highest BCUT2D eigenvalue weighted by Crippen LogP contribution is 2.20. The van der Waals surface area contributed by atoms with Crippen molar-refractivity contribution in [2.75, 3.05) is 72.7 Å². The van der Waals surface area contributed by atoms with Crippen molar-refractivity contribution in [2.24, 2.45) is 10.9 Å². The van der Waals surface area contributed by atoms with Crippen LogP contribution in [0.5, 0.6) is 5.75 Å². The van der Waals surface area contributed by atoms with Gasteiger partial charge in [-0.2, -0.15) is 0 Å². The van der Waals surface area contributed by atoms with E-state index in [-0.39, 0.29) is 0 Å². The van der Waals surface area contributed by atoms with Crippen molar-refractivity contribution in [1.82, 2.24) is 20.4 Å². The Kier molecular flexibility index (Phi) is 9.73. The number of ether oxygens (including phenoxy) is 2. The Morgan fingerprint density at radius 3 is 2.47 bits per heavy atom. The van der Waals surface area contributed by atoms with Crippen LogP contribution in [-0.4, -0.2) is 88.4 Å². The first-order valence-corrected chi connectivity index (χ1v) is 11.4. The SMILES string of the molecule is CCNC(=NCC1CCN(Cc2ccc(OC)cc2)CC1)NCCN1CCOCC1. The zero-order valence-electron chi connectivity index (χ0n) is 18.7. The highest BCUT2D eigenvalue weighted by atomic mass is 16.5. The van der Waals surface area contributed by atoms with Gasteiger partial charge in [0.15, 0.2) is 5.96 Å². The second-order valence-corrected chi connectivity index (χ2v) is 8.17. The number of rotatable bonds is 9. The molecule has 2 heterocycles. The second kappa shape index (κ2) is 12.8. The quantitative estimate of drug-likeness (QED) is 0.472. The van der Waals surface area contributed by atoms with Crippen LogP contribution in [0.4, 0.5) is 0 Å².